The van der Waals surface area contributed by atoms with Gasteiger partial charge in [0.2, 0.25) is 0 Å². The lowest BCUT2D eigenvalue weighted by molar-refractivity contribution is -0.137. The van der Waals surface area contributed by atoms with E-state index in [1.165, 1.54) is 0 Å². The number of rotatable bonds is 5. The van der Waals surface area contributed by atoms with Gasteiger partial charge < -0.3 is 14.4 Å². The molecule has 0 spiro atoms. The maximum Gasteiger partial charge on any atom is 0.304 e. The van der Waals surface area contributed by atoms with E-state index >= 15 is 0 Å². The first-order valence-corrected chi connectivity index (χ1v) is 7.35. The van der Waals surface area contributed by atoms with Crippen molar-refractivity contribution in [2.45, 2.75) is 13.0 Å². The summed E-state index contributed by atoms with van der Waals surface area (Å²) < 4.78 is 5.84. The molecular formula is C16H20N2O3. The van der Waals surface area contributed by atoms with Crippen LogP contribution < -0.4 is 0 Å². The minimum atomic E-state index is -0.722. The van der Waals surface area contributed by atoms with Crippen LogP contribution in [0.2, 0.25) is 0 Å². The standard InChI is InChI=1S/C16H20N2O3/c19-16(20)5-6-17-7-9-18(10-8-17)12-14-11-13-3-1-2-4-15(13)21-14/h1-4,11H,5-10,12H2,(H,19,20). The van der Waals surface area contributed by atoms with E-state index in [0.29, 0.717) is 6.54 Å². The van der Waals surface area contributed by atoms with Crippen molar-refractivity contribution in [1.82, 2.24) is 9.80 Å². The second kappa shape index (κ2) is 6.28. The summed E-state index contributed by atoms with van der Waals surface area (Å²) in [6.07, 6.45) is 0.226. The minimum absolute atomic E-state index is 0.226. The van der Waals surface area contributed by atoms with Crippen molar-refractivity contribution in [1.29, 1.82) is 0 Å². The molecule has 2 heterocycles. The normalized spacial score (nSPS) is 17.3. The highest BCUT2D eigenvalue weighted by atomic mass is 16.4. The van der Waals surface area contributed by atoms with Crippen LogP contribution in [0.5, 0.6) is 0 Å². The molecule has 1 aliphatic heterocycles. The number of piperazine rings is 1. The SMILES string of the molecule is O=C(O)CCN1CCN(Cc2cc3ccccc3o2)CC1. The molecule has 2 aromatic rings. The van der Waals surface area contributed by atoms with Crippen LogP contribution in [0.25, 0.3) is 11.0 Å². The minimum Gasteiger partial charge on any atom is -0.481 e. The Hall–Kier alpha value is -1.85. The topological polar surface area (TPSA) is 56.9 Å². The Bertz CT molecular complexity index is 582. The maximum absolute atomic E-state index is 10.6. The molecule has 21 heavy (non-hydrogen) atoms. The van der Waals surface area contributed by atoms with Crippen LogP contribution in [0.4, 0.5) is 0 Å². The third-order valence-corrected chi connectivity index (χ3v) is 3.96. The van der Waals surface area contributed by atoms with Crippen LogP contribution in [0.3, 0.4) is 0 Å². The summed E-state index contributed by atoms with van der Waals surface area (Å²) in [5.41, 5.74) is 0.938. The van der Waals surface area contributed by atoms with Crippen LogP contribution in [0.15, 0.2) is 34.7 Å². The summed E-state index contributed by atoms with van der Waals surface area (Å²) in [5.74, 6) is 0.273. The Labute approximate surface area is 123 Å². The van der Waals surface area contributed by atoms with Gasteiger partial charge in [-0.15, -0.1) is 0 Å². The third-order valence-electron chi connectivity index (χ3n) is 3.96. The first-order valence-electron chi connectivity index (χ1n) is 7.35. The molecule has 112 valence electrons. The molecule has 1 saturated heterocycles. The fourth-order valence-electron chi connectivity index (χ4n) is 2.76. The molecule has 0 aliphatic carbocycles. The summed E-state index contributed by atoms with van der Waals surface area (Å²) >= 11 is 0. The van der Waals surface area contributed by atoms with Gasteiger partial charge in [-0.2, -0.15) is 0 Å². The molecule has 0 bridgehead atoms. The molecule has 1 fully saturated rings. The fraction of sp³-hybridized carbons (Fsp3) is 0.438. The maximum atomic E-state index is 10.6. The number of furan rings is 1. The molecule has 1 N–H and O–H groups in total. The molecule has 0 atom stereocenters. The lowest BCUT2D eigenvalue weighted by Gasteiger charge is -2.33. The first-order chi connectivity index (χ1) is 10.2. The average Bonchev–Trinajstić information content (AvgIpc) is 2.88. The number of hydrogen-bond donors (Lipinski definition) is 1. The molecule has 1 aromatic heterocycles. The predicted octanol–water partition coefficient (Wildman–Crippen LogP) is 2.03. The van der Waals surface area contributed by atoms with E-state index in [2.05, 4.69) is 21.9 Å². The van der Waals surface area contributed by atoms with E-state index in [0.717, 1.165) is 49.5 Å². The second-order valence-corrected chi connectivity index (χ2v) is 5.51. The van der Waals surface area contributed by atoms with E-state index in [9.17, 15) is 4.79 Å². The summed E-state index contributed by atoms with van der Waals surface area (Å²) in [6, 6.07) is 10.2. The van der Waals surface area contributed by atoms with E-state index in [1.807, 2.05) is 18.2 Å². The molecule has 0 amide bonds. The summed E-state index contributed by atoms with van der Waals surface area (Å²) in [7, 11) is 0. The van der Waals surface area contributed by atoms with Gasteiger partial charge in [-0.25, -0.2) is 0 Å². The Morgan fingerprint density at radius 3 is 2.57 bits per heavy atom. The quantitative estimate of drug-likeness (QED) is 0.912. The number of hydrogen-bond acceptors (Lipinski definition) is 4. The van der Waals surface area contributed by atoms with Gasteiger partial charge in [0.05, 0.1) is 13.0 Å². The van der Waals surface area contributed by atoms with Crippen molar-refractivity contribution in [2.24, 2.45) is 0 Å². The highest BCUT2D eigenvalue weighted by Gasteiger charge is 2.18. The average molecular weight is 288 g/mol. The highest BCUT2D eigenvalue weighted by Crippen LogP contribution is 2.20. The lowest BCUT2D eigenvalue weighted by Crippen LogP contribution is -2.46. The molecule has 0 radical (unpaired) electrons. The number of carboxylic acid groups (broad SMARTS) is 1. The van der Waals surface area contributed by atoms with Gasteiger partial charge in [0.15, 0.2) is 0 Å². The molecule has 5 heteroatoms. The molecule has 1 aromatic carbocycles. The number of benzene rings is 1. The summed E-state index contributed by atoms with van der Waals surface area (Å²) in [5, 5.41) is 9.86. The van der Waals surface area contributed by atoms with Gasteiger partial charge in [0, 0.05) is 38.1 Å². The largest absolute Gasteiger partial charge is 0.481 e. The lowest BCUT2D eigenvalue weighted by atomic mass is 10.2. The number of nitrogens with zero attached hydrogens (tertiary/aromatic N) is 2. The Morgan fingerprint density at radius 2 is 1.86 bits per heavy atom. The number of carboxylic acids is 1. The summed E-state index contributed by atoms with van der Waals surface area (Å²) in [6.45, 7) is 5.23. The van der Waals surface area contributed by atoms with Gasteiger partial charge in [0.25, 0.3) is 0 Å². The van der Waals surface area contributed by atoms with E-state index < -0.39 is 5.97 Å². The van der Waals surface area contributed by atoms with Crippen molar-refractivity contribution in [3.63, 3.8) is 0 Å². The van der Waals surface area contributed by atoms with Crippen molar-refractivity contribution in [2.75, 3.05) is 32.7 Å². The molecule has 3 rings (SSSR count). The molecule has 0 unspecified atom stereocenters. The van der Waals surface area contributed by atoms with Gasteiger partial charge >= 0.3 is 5.97 Å². The van der Waals surface area contributed by atoms with Crippen LogP contribution in [0, 0.1) is 0 Å². The zero-order chi connectivity index (χ0) is 14.7. The van der Waals surface area contributed by atoms with Crippen molar-refractivity contribution >= 4 is 16.9 Å². The van der Waals surface area contributed by atoms with Crippen LogP contribution in [-0.4, -0.2) is 53.6 Å². The summed E-state index contributed by atoms with van der Waals surface area (Å²) in [4.78, 5) is 15.2. The Morgan fingerprint density at radius 1 is 1.14 bits per heavy atom. The second-order valence-electron chi connectivity index (χ2n) is 5.51. The Kier molecular flexibility index (Phi) is 4.22. The third kappa shape index (κ3) is 3.62. The van der Waals surface area contributed by atoms with Crippen LogP contribution >= 0.6 is 0 Å². The van der Waals surface area contributed by atoms with Crippen LogP contribution in [-0.2, 0) is 11.3 Å². The van der Waals surface area contributed by atoms with Gasteiger partial charge in [-0.3, -0.25) is 9.69 Å². The molecule has 5 nitrogen and oxygen atoms in total. The molecular weight excluding hydrogens is 268 g/mol. The first kappa shape index (κ1) is 14.1. The fourth-order valence-corrected chi connectivity index (χ4v) is 2.76. The predicted molar refractivity (Wildman–Crippen MR) is 80.2 cm³/mol. The number of aliphatic carboxylic acids is 1. The van der Waals surface area contributed by atoms with Gasteiger partial charge in [-0.05, 0) is 12.1 Å². The monoisotopic (exact) mass is 288 g/mol. The zero-order valence-corrected chi connectivity index (χ0v) is 12.0. The van der Waals surface area contributed by atoms with E-state index in [-0.39, 0.29) is 6.42 Å². The van der Waals surface area contributed by atoms with Crippen molar-refractivity contribution < 1.29 is 14.3 Å². The number of fused-ring (bicyclic) bond motifs is 1. The number of para-hydroxylation sites is 1. The highest BCUT2D eigenvalue weighted by molar-refractivity contribution is 5.77. The van der Waals surface area contributed by atoms with Crippen molar-refractivity contribution in [3.05, 3.63) is 36.1 Å². The molecule has 1 aliphatic rings. The molecule has 0 saturated carbocycles. The zero-order valence-electron chi connectivity index (χ0n) is 12.0. The van der Waals surface area contributed by atoms with Gasteiger partial charge in [-0.1, -0.05) is 18.2 Å². The van der Waals surface area contributed by atoms with Crippen molar-refractivity contribution in [3.8, 4) is 0 Å². The van der Waals surface area contributed by atoms with Crippen LogP contribution in [0.1, 0.15) is 12.2 Å². The van der Waals surface area contributed by atoms with E-state index in [1.54, 1.807) is 0 Å². The number of carbonyl (C=O) groups is 1. The van der Waals surface area contributed by atoms with E-state index in [4.69, 9.17) is 9.52 Å². The Balaban J connectivity index is 1.52. The smallest absolute Gasteiger partial charge is 0.304 e. The van der Waals surface area contributed by atoms with Gasteiger partial charge in [0.1, 0.15) is 11.3 Å².